The van der Waals surface area contributed by atoms with E-state index < -0.39 is 11.8 Å². The molecule has 0 radical (unpaired) electrons. The molecule has 2 heterocycles. The van der Waals surface area contributed by atoms with Gasteiger partial charge in [-0.2, -0.15) is 0 Å². The van der Waals surface area contributed by atoms with Crippen molar-refractivity contribution in [3.63, 3.8) is 0 Å². The summed E-state index contributed by atoms with van der Waals surface area (Å²) in [4.78, 5) is 39.7. The van der Waals surface area contributed by atoms with Crippen molar-refractivity contribution in [1.29, 1.82) is 0 Å². The molecule has 0 aliphatic carbocycles. The second-order valence-corrected chi connectivity index (χ2v) is 7.55. The Labute approximate surface area is 177 Å². The van der Waals surface area contributed by atoms with Gasteiger partial charge in [0.05, 0.1) is 30.1 Å². The summed E-state index contributed by atoms with van der Waals surface area (Å²) < 4.78 is 4.93. The molecule has 0 atom stereocenters. The monoisotopic (exact) mass is 426 g/mol. The standard InChI is InChI=1S/C21H22N4O4S/c1-14-25-17(13-30-14)16-6-4-15(5-7-16)8-9-22-19(26)11-23-20(27)12-24-21(28)18-3-2-10-29-18/h2-7,10,13H,8-9,11-12H2,1H3,(H,22,26)(H,23,27)(H,24,28). The lowest BCUT2D eigenvalue weighted by atomic mass is 10.1. The molecule has 3 amide bonds. The third-order valence-corrected chi connectivity index (χ3v) is 4.98. The summed E-state index contributed by atoms with van der Waals surface area (Å²) in [5.74, 6) is -1.13. The van der Waals surface area contributed by atoms with Crippen LogP contribution in [0, 0.1) is 6.92 Å². The van der Waals surface area contributed by atoms with Crippen LogP contribution >= 0.6 is 11.3 Å². The van der Waals surface area contributed by atoms with Gasteiger partial charge in [0.25, 0.3) is 5.91 Å². The van der Waals surface area contributed by atoms with E-state index in [0.717, 1.165) is 21.8 Å². The van der Waals surface area contributed by atoms with E-state index in [-0.39, 0.29) is 24.8 Å². The van der Waals surface area contributed by atoms with Crippen molar-refractivity contribution in [1.82, 2.24) is 20.9 Å². The molecule has 8 nitrogen and oxygen atoms in total. The number of benzene rings is 1. The Balaban J connectivity index is 1.31. The second-order valence-electron chi connectivity index (χ2n) is 6.49. The fraction of sp³-hybridized carbons (Fsp3) is 0.238. The number of hydrogen-bond donors (Lipinski definition) is 3. The molecular formula is C21H22N4O4S. The third kappa shape index (κ3) is 6.28. The minimum absolute atomic E-state index is 0.121. The Morgan fingerprint density at radius 2 is 1.73 bits per heavy atom. The van der Waals surface area contributed by atoms with E-state index in [1.54, 1.807) is 17.4 Å². The number of thiazole rings is 1. The van der Waals surface area contributed by atoms with Gasteiger partial charge in [0, 0.05) is 17.5 Å². The molecule has 3 rings (SSSR count). The number of hydrogen-bond acceptors (Lipinski definition) is 6. The number of nitrogens with one attached hydrogen (secondary N) is 3. The fourth-order valence-electron chi connectivity index (χ4n) is 2.64. The maximum atomic E-state index is 11.9. The average Bonchev–Trinajstić information content (AvgIpc) is 3.43. The first-order valence-electron chi connectivity index (χ1n) is 9.38. The van der Waals surface area contributed by atoms with Crippen molar-refractivity contribution in [2.75, 3.05) is 19.6 Å². The Morgan fingerprint density at radius 3 is 2.40 bits per heavy atom. The largest absolute Gasteiger partial charge is 0.459 e. The highest BCUT2D eigenvalue weighted by Crippen LogP contribution is 2.21. The zero-order valence-corrected chi connectivity index (χ0v) is 17.3. The Kier molecular flexibility index (Phi) is 7.34. The fourth-order valence-corrected chi connectivity index (χ4v) is 3.27. The molecule has 0 unspecified atom stereocenters. The molecule has 1 aromatic carbocycles. The summed E-state index contributed by atoms with van der Waals surface area (Å²) in [6, 6.07) is 11.1. The van der Waals surface area contributed by atoms with Gasteiger partial charge < -0.3 is 20.4 Å². The quantitative estimate of drug-likeness (QED) is 0.484. The molecule has 0 spiro atoms. The number of aromatic nitrogens is 1. The van der Waals surface area contributed by atoms with E-state index in [2.05, 4.69) is 20.9 Å². The van der Waals surface area contributed by atoms with Gasteiger partial charge in [-0.3, -0.25) is 14.4 Å². The van der Waals surface area contributed by atoms with Crippen LogP contribution in [0.5, 0.6) is 0 Å². The van der Waals surface area contributed by atoms with Crippen LogP contribution < -0.4 is 16.0 Å². The number of amides is 3. The van der Waals surface area contributed by atoms with Crippen molar-refractivity contribution in [2.45, 2.75) is 13.3 Å². The summed E-state index contributed by atoms with van der Waals surface area (Å²) in [5.41, 5.74) is 3.12. The lowest BCUT2D eigenvalue weighted by molar-refractivity contribution is -0.125. The first-order valence-corrected chi connectivity index (χ1v) is 10.3. The first kappa shape index (κ1) is 21.3. The molecule has 30 heavy (non-hydrogen) atoms. The van der Waals surface area contributed by atoms with Crippen molar-refractivity contribution >= 4 is 29.1 Å². The number of furan rings is 1. The van der Waals surface area contributed by atoms with E-state index in [9.17, 15) is 14.4 Å². The van der Waals surface area contributed by atoms with Crippen molar-refractivity contribution in [3.8, 4) is 11.3 Å². The van der Waals surface area contributed by atoms with Crippen molar-refractivity contribution < 1.29 is 18.8 Å². The Morgan fingerprint density at radius 1 is 1.00 bits per heavy atom. The second kappa shape index (κ2) is 10.4. The molecule has 0 saturated heterocycles. The van der Waals surface area contributed by atoms with Gasteiger partial charge >= 0.3 is 0 Å². The number of carbonyl (C=O) groups excluding carboxylic acids is 3. The predicted octanol–water partition coefficient (Wildman–Crippen LogP) is 1.92. The third-order valence-electron chi connectivity index (χ3n) is 4.21. The molecule has 9 heteroatoms. The Hall–Kier alpha value is -3.46. The highest BCUT2D eigenvalue weighted by molar-refractivity contribution is 7.09. The Bertz CT molecular complexity index is 996. The zero-order valence-electron chi connectivity index (χ0n) is 16.4. The minimum Gasteiger partial charge on any atom is -0.459 e. The van der Waals surface area contributed by atoms with Gasteiger partial charge in [0.2, 0.25) is 11.8 Å². The van der Waals surface area contributed by atoms with Gasteiger partial charge in [-0.15, -0.1) is 11.3 Å². The van der Waals surface area contributed by atoms with Crippen LogP contribution in [0.4, 0.5) is 0 Å². The first-order chi connectivity index (χ1) is 14.5. The molecule has 2 aromatic heterocycles. The number of aryl methyl sites for hydroxylation is 1. The molecule has 0 bridgehead atoms. The summed E-state index contributed by atoms with van der Waals surface area (Å²) in [6.07, 6.45) is 2.05. The molecule has 0 saturated carbocycles. The van der Waals surface area contributed by atoms with Crippen LogP contribution in [0.1, 0.15) is 21.1 Å². The van der Waals surface area contributed by atoms with Crippen molar-refractivity contribution in [3.05, 3.63) is 64.4 Å². The van der Waals surface area contributed by atoms with Crippen LogP contribution in [0.3, 0.4) is 0 Å². The normalized spacial score (nSPS) is 10.4. The van der Waals surface area contributed by atoms with E-state index in [1.807, 2.05) is 36.6 Å². The molecule has 0 aliphatic rings. The predicted molar refractivity (Wildman–Crippen MR) is 113 cm³/mol. The molecule has 156 valence electrons. The molecule has 0 aliphatic heterocycles. The maximum Gasteiger partial charge on any atom is 0.287 e. The van der Waals surface area contributed by atoms with E-state index in [4.69, 9.17) is 4.42 Å². The van der Waals surface area contributed by atoms with Crippen LogP contribution in [-0.2, 0) is 16.0 Å². The van der Waals surface area contributed by atoms with Gasteiger partial charge in [-0.25, -0.2) is 4.98 Å². The summed E-state index contributed by atoms with van der Waals surface area (Å²) in [5, 5.41) is 10.7. The van der Waals surface area contributed by atoms with Crippen LogP contribution in [0.15, 0.2) is 52.5 Å². The van der Waals surface area contributed by atoms with E-state index in [1.165, 1.54) is 12.3 Å². The number of rotatable bonds is 9. The SMILES string of the molecule is Cc1nc(-c2ccc(CCNC(=O)CNC(=O)CNC(=O)c3ccco3)cc2)cs1. The van der Waals surface area contributed by atoms with Crippen molar-refractivity contribution in [2.24, 2.45) is 0 Å². The molecule has 3 aromatic rings. The van der Waals surface area contributed by atoms with Gasteiger partial charge in [-0.05, 0) is 31.0 Å². The summed E-state index contributed by atoms with van der Waals surface area (Å²) >= 11 is 1.62. The smallest absolute Gasteiger partial charge is 0.287 e. The topological polar surface area (TPSA) is 113 Å². The highest BCUT2D eigenvalue weighted by atomic mass is 32.1. The zero-order chi connectivity index (χ0) is 21.3. The summed E-state index contributed by atoms with van der Waals surface area (Å²) in [6.45, 7) is 2.04. The summed E-state index contributed by atoms with van der Waals surface area (Å²) in [7, 11) is 0. The number of nitrogens with zero attached hydrogens (tertiary/aromatic N) is 1. The molecule has 3 N–H and O–H groups in total. The highest BCUT2D eigenvalue weighted by Gasteiger charge is 2.11. The molecule has 0 fully saturated rings. The van der Waals surface area contributed by atoms with Crippen LogP contribution in [0.2, 0.25) is 0 Å². The van der Waals surface area contributed by atoms with Crippen LogP contribution in [0.25, 0.3) is 11.3 Å². The van der Waals surface area contributed by atoms with Crippen LogP contribution in [-0.4, -0.2) is 42.3 Å². The van der Waals surface area contributed by atoms with E-state index in [0.29, 0.717) is 13.0 Å². The average molecular weight is 426 g/mol. The lowest BCUT2D eigenvalue weighted by Crippen LogP contribution is -2.42. The van der Waals surface area contributed by atoms with E-state index >= 15 is 0 Å². The van der Waals surface area contributed by atoms with Gasteiger partial charge in [-0.1, -0.05) is 24.3 Å². The molecular weight excluding hydrogens is 404 g/mol. The lowest BCUT2D eigenvalue weighted by Gasteiger charge is -2.08. The van der Waals surface area contributed by atoms with Gasteiger partial charge in [0.15, 0.2) is 5.76 Å². The minimum atomic E-state index is -0.490. The number of carbonyl (C=O) groups is 3. The van der Waals surface area contributed by atoms with Gasteiger partial charge in [0.1, 0.15) is 0 Å². The maximum absolute atomic E-state index is 11.9.